The maximum Gasteiger partial charge on any atom is 0.280 e. The van der Waals surface area contributed by atoms with Crippen molar-refractivity contribution < 1.29 is 9.90 Å². The molecule has 0 bridgehead atoms. The SMILES string of the molecule is Cc1cccc(N(C)C(=O)c2ncccc2O)c1. The lowest BCUT2D eigenvalue weighted by atomic mass is 10.2. The maximum atomic E-state index is 12.2. The van der Waals surface area contributed by atoms with Crippen LogP contribution >= 0.6 is 0 Å². The molecular weight excluding hydrogens is 228 g/mol. The predicted octanol–water partition coefficient (Wildman–Crippen LogP) is 2.37. The third-order valence-electron chi connectivity index (χ3n) is 2.68. The molecule has 1 aromatic carbocycles. The van der Waals surface area contributed by atoms with Crippen molar-refractivity contribution in [2.24, 2.45) is 0 Å². The van der Waals surface area contributed by atoms with Gasteiger partial charge in [0.25, 0.3) is 5.91 Å². The van der Waals surface area contributed by atoms with Gasteiger partial charge in [0.15, 0.2) is 5.69 Å². The van der Waals surface area contributed by atoms with Gasteiger partial charge in [-0.2, -0.15) is 0 Å². The molecule has 4 nitrogen and oxygen atoms in total. The molecule has 0 saturated heterocycles. The van der Waals surface area contributed by atoms with Gasteiger partial charge in [-0.15, -0.1) is 0 Å². The van der Waals surface area contributed by atoms with E-state index in [9.17, 15) is 9.90 Å². The molecule has 0 atom stereocenters. The first-order valence-corrected chi connectivity index (χ1v) is 5.58. The summed E-state index contributed by atoms with van der Waals surface area (Å²) < 4.78 is 0. The topological polar surface area (TPSA) is 53.4 Å². The van der Waals surface area contributed by atoms with Crippen LogP contribution in [0.25, 0.3) is 0 Å². The zero-order valence-electron chi connectivity index (χ0n) is 10.3. The molecule has 1 N–H and O–H groups in total. The van der Waals surface area contributed by atoms with Gasteiger partial charge in [-0.05, 0) is 36.8 Å². The normalized spacial score (nSPS) is 10.1. The average molecular weight is 242 g/mol. The predicted molar refractivity (Wildman–Crippen MR) is 69.8 cm³/mol. The summed E-state index contributed by atoms with van der Waals surface area (Å²) in [5.41, 5.74) is 1.89. The Balaban J connectivity index is 2.32. The molecule has 2 rings (SSSR count). The third kappa shape index (κ3) is 2.32. The Morgan fingerprint density at radius 2 is 2.06 bits per heavy atom. The quantitative estimate of drug-likeness (QED) is 0.879. The molecule has 0 aliphatic carbocycles. The van der Waals surface area contributed by atoms with Gasteiger partial charge in [-0.1, -0.05) is 12.1 Å². The molecule has 1 heterocycles. The van der Waals surface area contributed by atoms with E-state index in [1.807, 2.05) is 31.2 Å². The second-order valence-corrected chi connectivity index (χ2v) is 4.07. The van der Waals surface area contributed by atoms with E-state index in [1.54, 1.807) is 13.1 Å². The van der Waals surface area contributed by atoms with E-state index in [0.717, 1.165) is 11.3 Å². The zero-order chi connectivity index (χ0) is 13.1. The van der Waals surface area contributed by atoms with Crippen molar-refractivity contribution in [2.45, 2.75) is 6.92 Å². The third-order valence-corrected chi connectivity index (χ3v) is 2.68. The number of amides is 1. The highest BCUT2D eigenvalue weighted by atomic mass is 16.3. The molecule has 1 aromatic heterocycles. The first-order chi connectivity index (χ1) is 8.59. The molecule has 0 aliphatic rings. The van der Waals surface area contributed by atoms with Gasteiger partial charge in [0.1, 0.15) is 5.75 Å². The minimum absolute atomic E-state index is 0.0570. The Bertz CT molecular complexity index is 582. The number of aromatic nitrogens is 1. The second-order valence-electron chi connectivity index (χ2n) is 4.07. The number of anilines is 1. The first kappa shape index (κ1) is 12.1. The Morgan fingerprint density at radius 3 is 2.72 bits per heavy atom. The zero-order valence-corrected chi connectivity index (χ0v) is 10.3. The minimum Gasteiger partial charge on any atom is -0.505 e. The van der Waals surface area contributed by atoms with Crippen LogP contribution in [0.4, 0.5) is 5.69 Å². The molecule has 4 heteroatoms. The van der Waals surface area contributed by atoms with Crippen LogP contribution in [-0.4, -0.2) is 23.0 Å². The Hall–Kier alpha value is -2.36. The smallest absolute Gasteiger partial charge is 0.280 e. The molecule has 18 heavy (non-hydrogen) atoms. The molecular formula is C14H14N2O2. The van der Waals surface area contributed by atoms with Crippen LogP contribution < -0.4 is 4.90 Å². The van der Waals surface area contributed by atoms with Crippen molar-refractivity contribution >= 4 is 11.6 Å². The number of hydrogen-bond acceptors (Lipinski definition) is 3. The van der Waals surface area contributed by atoms with E-state index in [2.05, 4.69) is 4.98 Å². The molecule has 2 aromatic rings. The number of hydrogen-bond donors (Lipinski definition) is 1. The highest BCUT2D eigenvalue weighted by Gasteiger charge is 2.18. The summed E-state index contributed by atoms with van der Waals surface area (Å²) >= 11 is 0. The summed E-state index contributed by atoms with van der Waals surface area (Å²) in [6, 6.07) is 10.6. The van der Waals surface area contributed by atoms with Gasteiger partial charge in [-0.3, -0.25) is 4.79 Å². The minimum atomic E-state index is -0.335. The van der Waals surface area contributed by atoms with Crippen LogP contribution in [0.2, 0.25) is 0 Å². The molecule has 0 radical (unpaired) electrons. The van der Waals surface area contributed by atoms with Crippen molar-refractivity contribution in [2.75, 3.05) is 11.9 Å². The van der Waals surface area contributed by atoms with E-state index in [0.29, 0.717) is 0 Å². The lowest BCUT2D eigenvalue weighted by Crippen LogP contribution is -2.27. The molecule has 0 unspecified atom stereocenters. The summed E-state index contributed by atoms with van der Waals surface area (Å²) in [6.07, 6.45) is 1.48. The maximum absolute atomic E-state index is 12.2. The van der Waals surface area contributed by atoms with E-state index in [1.165, 1.54) is 17.2 Å². The molecule has 0 saturated carbocycles. The van der Waals surface area contributed by atoms with Crippen LogP contribution in [0.1, 0.15) is 16.1 Å². The number of carbonyl (C=O) groups excluding carboxylic acids is 1. The summed E-state index contributed by atoms with van der Waals surface area (Å²) in [5.74, 6) is -0.444. The van der Waals surface area contributed by atoms with Crippen molar-refractivity contribution in [1.29, 1.82) is 0 Å². The number of aromatic hydroxyl groups is 1. The highest BCUT2D eigenvalue weighted by molar-refractivity contribution is 6.06. The van der Waals surface area contributed by atoms with Gasteiger partial charge in [0.2, 0.25) is 0 Å². The van der Waals surface area contributed by atoms with Gasteiger partial charge < -0.3 is 10.0 Å². The molecule has 1 amide bonds. The van der Waals surface area contributed by atoms with Crippen LogP contribution in [0.3, 0.4) is 0 Å². The van der Waals surface area contributed by atoms with E-state index in [-0.39, 0.29) is 17.4 Å². The average Bonchev–Trinajstić information content (AvgIpc) is 2.37. The summed E-state index contributed by atoms with van der Waals surface area (Å²) in [4.78, 5) is 17.6. The van der Waals surface area contributed by atoms with Crippen molar-refractivity contribution in [3.05, 3.63) is 53.9 Å². The fourth-order valence-electron chi connectivity index (χ4n) is 1.67. The van der Waals surface area contributed by atoms with Gasteiger partial charge >= 0.3 is 0 Å². The number of aryl methyl sites for hydroxylation is 1. The van der Waals surface area contributed by atoms with Crippen LogP contribution in [0.15, 0.2) is 42.6 Å². The van der Waals surface area contributed by atoms with E-state index < -0.39 is 0 Å². The Kier molecular flexibility index (Phi) is 3.28. The van der Waals surface area contributed by atoms with Gasteiger partial charge in [-0.25, -0.2) is 4.98 Å². The van der Waals surface area contributed by atoms with E-state index in [4.69, 9.17) is 0 Å². The summed E-state index contributed by atoms with van der Waals surface area (Å²) in [6.45, 7) is 1.96. The second kappa shape index (κ2) is 4.87. The molecule has 0 spiro atoms. The fraction of sp³-hybridized carbons (Fsp3) is 0.143. The number of carbonyl (C=O) groups is 1. The van der Waals surface area contributed by atoms with Gasteiger partial charge in [0, 0.05) is 18.9 Å². The monoisotopic (exact) mass is 242 g/mol. The number of nitrogens with zero attached hydrogens (tertiary/aromatic N) is 2. The Labute approximate surface area is 106 Å². The summed E-state index contributed by atoms with van der Waals surface area (Å²) in [7, 11) is 1.66. The lowest BCUT2D eigenvalue weighted by Gasteiger charge is -2.17. The molecule has 0 aliphatic heterocycles. The van der Waals surface area contributed by atoms with Crippen LogP contribution in [-0.2, 0) is 0 Å². The lowest BCUT2D eigenvalue weighted by molar-refractivity contribution is 0.0985. The highest BCUT2D eigenvalue weighted by Crippen LogP contribution is 2.20. The standard InChI is InChI=1S/C14H14N2O2/c1-10-5-3-6-11(9-10)16(2)14(18)13-12(17)7-4-8-15-13/h3-9,17H,1-2H3. The first-order valence-electron chi connectivity index (χ1n) is 5.58. The number of rotatable bonds is 2. The summed E-state index contributed by atoms with van der Waals surface area (Å²) in [5, 5.41) is 9.62. The van der Waals surface area contributed by atoms with Crippen molar-refractivity contribution in [1.82, 2.24) is 4.98 Å². The van der Waals surface area contributed by atoms with Crippen LogP contribution in [0.5, 0.6) is 5.75 Å². The van der Waals surface area contributed by atoms with E-state index >= 15 is 0 Å². The Morgan fingerprint density at radius 1 is 1.28 bits per heavy atom. The number of pyridine rings is 1. The van der Waals surface area contributed by atoms with Crippen molar-refractivity contribution in [3.63, 3.8) is 0 Å². The van der Waals surface area contributed by atoms with Crippen molar-refractivity contribution in [3.8, 4) is 5.75 Å². The molecule has 0 fully saturated rings. The van der Waals surface area contributed by atoms with Gasteiger partial charge in [0.05, 0.1) is 0 Å². The fourth-order valence-corrected chi connectivity index (χ4v) is 1.67. The van der Waals surface area contributed by atoms with Crippen LogP contribution in [0, 0.1) is 6.92 Å². The number of benzene rings is 1. The largest absolute Gasteiger partial charge is 0.505 e. The molecule has 92 valence electrons.